The minimum Gasteiger partial charge on any atom is -0.385 e. The van der Waals surface area contributed by atoms with Crippen molar-refractivity contribution in [1.29, 1.82) is 0 Å². The molecule has 7 heteroatoms. The lowest BCUT2D eigenvalue weighted by atomic mass is 10.1. The molecule has 0 radical (unpaired) electrons. The number of nitrogens with zero attached hydrogens (tertiary/aromatic N) is 3. The van der Waals surface area contributed by atoms with Gasteiger partial charge in [-0.2, -0.15) is 0 Å². The maximum absolute atomic E-state index is 6.45. The zero-order valence-electron chi connectivity index (χ0n) is 17.8. The van der Waals surface area contributed by atoms with Crippen LogP contribution in [0.25, 0.3) is 11.0 Å². The first-order chi connectivity index (χ1) is 14.7. The maximum atomic E-state index is 6.45. The number of fused-ring (bicyclic) bond motifs is 1. The number of thioether (sulfide) groups is 2. The highest BCUT2D eigenvalue weighted by Gasteiger charge is 2.12. The van der Waals surface area contributed by atoms with Crippen molar-refractivity contribution in [2.24, 2.45) is 0 Å². The second-order valence-electron chi connectivity index (χ2n) is 7.29. The summed E-state index contributed by atoms with van der Waals surface area (Å²) in [5, 5.41) is 1.06. The number of hydrogen-bond acceptors (Lipinski definition) is 5. The summed E-state index contributed by atoms with van der Waals surface area (Å²) in [6, 6.07) is 10.1. The number of hydrogen-bond donors (Lipinski definition) is 0. The molecule has 3 aromatic rings. The van der Waals surface area contributed by atoms with Crippen LogP contribution in [-0.2, 0) is 10.5 Å². The van der Waals surface area contributed by atoms with Gasteiger partial charge in [-0.3, -0.25) is 0 Å². The van der Waals surface area contributed by atoms with Crippen LogP contribution >= 0.6 is 35.3 Å². The number of ether oxygens (including phenoxy) is 1. The Morgan fingerprint density at radius 2 is 1.77 bits per heavy atom. The van der Waals surface area contributed by atoms with Crippen LogP contribution in [0.4, 0.5) is 0 Å². The average Bonchev–Trinajstić information content (AvgIpc) is 3.08. The van der Waals surface area contributed by atoms with E-state index in [1.807, 2.05) is 42.2 Å². The molecule has 0 bridgehead atoms. The average molecular weight is 464 g/mol. The van der Waals surface area contributed by atoms with Gasteiger partial charge in [0, 0.05) is 36.6 Å². The summed E-state index contributed by atoms with van der Waals surface area (Å²) in [5.41, 5.74) is 3.13. The molecule has 0 aliphatic carbocycles. The van der Waals surface area contributed by atoms with Crippen molar-refractivity contribution >= 4 is 46.3 Å². The zero-order chi connectivity index (χ0) is 21.2. The number of pyridine rings is 1. The molecule has 0 saturated heterocycles. The molecule has 0 spiro atoms. The Balaban J connectivity index is 1.46. The van der Waals surface area contributed by atoms with Crippen molar-refractivity contribution in [2.45, 2.75) is 61.1 Å². The van der Waals surface area contributed by atoms with Crippen LogP contribution in [0.1, 0.15) is 49.9 Å². The molecule has 0 atom stereocenters. The first kappa shape index (κ1) is 23.5. The molecule has 0 amide bonds. The third-order valence-electron chi connectivity index (χ3n) is 5.02. The number of benzene rings is 1. The lowest BCUT2D eigenvalue weighted by Crippen LogP contribution is -1.94. The van der Waals surface area contributed by atoms with Crippen LogP contribution in [0.5, 0.6) is 0 Å². The summed E-state index contributed by atoms with van der Waals surface area (Å²) in [6.45, 7) is 3.05. The van der Waals surface area contributed by atoms with Crippen molar-refractivity contribution in [1.82, 2.24) is 14.1 Å². The summed E-state index contributed by atoms with van der Waals surface area (Å²) >= 11 is 10.1. The van der Waals surface area contributed by atoms with Gasteiger partial charge in [0.05, 0.1) is 16.8 Å². The Kier molecular flexibility index (Phi) is 9.85. The molecule has 0 aliphatic heterocycles. The number of imidazole rings is 1. The van der Waals surface area contributed by atoms with E-state index in [-0.39, 0.29) is 0 Å². The predicted molar refractivity (Wildman–Crippen MR) is 130 cm³/mol. The maximum Gasteiger partial charge on any atom is 0.135 e. The van der Waals surface area contributed by atoms with Crippen LogP contribution < -0.4 is 0 Å². The van der Waals surface area contributed by atoms with Gasteiger partial charge < -0.3 is 4.74 Å². The van der Waals surface area contributed by atoms with Gasteiger partial charge in [-0.15, -0.1) is 11.8 Å². The smallest absolute Gasteiger partial charge is 0.135 e. The fraction of sp³-hybridized carbons (Fsp3) is 0.478. The van der Waals surface area contributed by atoms with E-state index in [9.17, 15) is 0 Å². The van der Waals surface area contributed by atoms with Crippen molar-refractivity contribution in [3.8, 4) is 0 Å². The second-order valence-corrected chi connectivity index (χ2v) is 9.73. The van der Waals surface area contributed by atoms with Crippen LogP contribution in [0.3, 0.4) is 0 Å². The first-order valence-corrected chi connectivity index (χ1v) is 12.8. The van der Waals surface area contributed by atoms with Gasteiger partial charge in [0.2, 0.25) is 0 Å². The molecule has 162 valence electrons. The number of methoxy groups -OCH3 is 1. The summed E-state index contributed by atoms with van der Waals surface area (Å²) in [4.78, 5) is 10.6. The molecule has 0 fully saturated rings. The summed E-state index contributed by atoms with van der Waals surface area (Å²) in [6.07, 6.45) is 9.57. The van der Waals surface area contributed by atoms with Gasteiger partial charge in [0.1, 0.15) is 10.9 Å². The molecule has 4 nitrogen and oxygen atoms in total. The Morgan fingerprint density at radius 1 is 1.00 bits per heavy atom. The molecule has 3 rings (SSSR count). The number of para-hydroxylation sites is 2. The second kappa shape index (κ2) is 12.6. The number of rotatable bonds is 13. The zero-order valence-corrected chi connectivity index (χ0v) is 20.2. The highest BCUT2D eigenvalue weighted by molar-refractivity contribution is 7.99. The molecular weight excluding hydrogens is 434 g/mol. The number of unbranched alkanes of at least 4 members (excludes halogenated alkanes) is 5. The van der Waals surface area contributed by atoms with E-state index in [2.05, 4.69) is 23.0 Å². The molecular formula is C23H30ClN3OS2. The van der Waals surface area contributed by atoms with Gasteiger partial charge in [0.25, 0.3) is 0 Å². The standard InChI is InChI=1S/C23H30ClN3OS2/c1-18-21(29-16-10-6-4-3-5-9-15-28-2)13-14-25-23(18)30-17-22-26-19-11-7-8-12-20(19)27(22)24/h7-8,11-14H,3-6,9-10,15-17H2,1-2H3. The van der Waals surface area contributed by atoms with E-state index in [1.165, 1.54) is 49.0 Å². The van der Waals surface area contributed by atoms with Gasteiger partial charge in [-0.25, -0.2) is 14.1 Å². The van der Waals surface area contributed by atoms with Crippen molar-refractivity contribution in [2.75, 3.05) is 19.5 Å². The van der Waals surface area contributed by atoms with Gasteiger partial charge >= 0.3 is 0 Å². The highest BCUT2D eigenvalue weighted by atomic mass is 35.5. The largest absolute Gasteiger partial charge is 0.385 e. The molecule has 2 heterocycles. The fourth-order valence-electron chi connectivity index (χ4n) is 3.31. The van der Waals surface area contributed by atoms with Crippen LogP contribution in [0.15, 0.2) is 46.5 Å². The SMILES string of the molecule is COCCCCCCCCSc1ccnc(SCc2nc3ccccc3n2Cl)c1C. The summed E-state index contributed by atoms with van der Waals surface area (Å²) in [5.74, 6) is 2.71. The molecule has 0 unspecified atom stereocenters. The molecule has 0 N–H and O–H groups in total. The third-order valence-corrected chi connectivity index (χ3v) is 7.73. The Labute approximate surface area is 193 Å². The fourth-order valence-corrected chi connectivity index (χ4v) is 5.64. The Morgan fingerprint density at radius 3 is 2.57 bits per heavy atom. The summed E-state index contributed by atoms with van der Waals surface area (Å²) in [7, 11) is 1.77. The minimum atomic E-state index is 0.698. The lowest BCUT2D eigenvalue weighted by molar-refractivity contribution is 0.192. The number of halogens is 1. The van der Waals surface area contributed by atoms with Crippen LogP contribution in [-0.4, -0.2) is 33.5 Å². The van der Waals surface area contributed by atoms with Gasteiger partial charge in [-0.1, -0.05) is 49.6 Å². The molecule has 30 heavy (non-hydrogen) atoms. The summed E-state index contributed by atoms with van der Waals surface area (Å²) < 4.78 is 6.76. The topological polar surface area (TPSA) is 39.9 Å². The monoisotopic (exact) mass is 463 g/mol. The Hall–Kier alpha value is -1.21. The normalized spacial score (nSPS) is 11.4. The molecule has 0 aliphatic rings. The van der Waals surface area contributed by atoms with Crippen molar-refractivity contribution < 1.29 is 4.74 Å². The highest BCUT2D eigenvalue weighted by Crippen LogP contribution is 2.32. The molecule has 2 aromatic heterocycles. The third kappa shape index (κ3) is 6.64. The van der Waals surface area contributed by atoms with Gasteiger partial charge in [0.15, 0.2) is 0 Å². The van der Waals surface area contributed by atoms with E-state index in [0.717, 1.165) is 34.2 Å². The van der Waals surface area contributed by atoms with E-state index in [1.54, 1.807) is 23.0 Å². The molecule has 1 aromatic carbocycles. The van der Waals surface area contributed by atoms with E-state index in [4.69, 9.17) is 16.5 Å². The van der Waals surface area contributed by atoms with Crippen LogP contribution in [0.2, 0.25) is 0 Å². The van der Waals surface area contributed by atoms with Crippen LogP contribution in [0, 0.1) is 6.92 Å². The molecule has 0 saturated carbocycles. The van der Waals surface area contributed by atoms with E-state index < -0.39 is 0 Å². The van der Waals surface area contributed by atoms with Gasteiger partial charge in [-0.05, 0) is 49.3 Å². The van der Waals surface area contributed by atoms with E-state index >= 15 is 0 Å². The predicted octanol–water partition coefficient (Wildman–Crippen LogP) is 7.11. The minimum absolute atomic E-state index is 0.698. The van der Waals surface area contributed by atoms with Crippen molar-refractivity contribution in [3.05, 3.63) is 47.9 Å². The number of aromatic nitrogens is 3. The lowest BCUT2D eigenvalue weighted by Gasteiger charge is -2.09. The van der Waals surface area contributed by atoms with E-state index in [0.29, 0.717) is 5.75 Å². The quantitative estimate of drug-likeness (QED) is 0.199. The van der Waals surface area contributed by atoms with Crippen molar-refractivity contribution in [3.63, 3.8) is 0 Å². The first-order valence-electron chi connectivity index (χ1n) is 10.5. The Bertz CT molecular complexity index is 932.